The molecule has 21 heavy (non-hydrogen) atoms. The Morgan fingerprint density at radius 2 is 2.00 bits per heavy atom. The van der Waals surface area contributed by atoms with Crippen LogP contribution in [0.1, 0.15) is 33.1 Å². The molecule has 5 nitrogen and oxygen atoms in total. The summed E-state index contributed by atoms with van der Waals surface area (Å²) in [5, 5.41) is 9.18. The number of hydrogen-bond donors (Lipinski definition) is 2. The number of carbonyl (C=O) groups is 1. The molecular formula is C16H29N3O2. The fraction of sp³-hybridized carbons (Fsp3) is 0.938. The minimum absolute atomic E-state index is 0.326. The normalized spacial score (nSPS) is 40.5. The van der Waals surface area contributed by atoms with Crippen LogP contribution in [0.3, 0.4) is 0 Å². The molecule has 0 amide bonds. The first-order valence-corrected chi connectivity index (χ1v) is 8.44. The van der Waals surface area contributed by atoms with Gasteiger partial charge in [0.25, 0.3) is 0 Å². The molecule has 4 fully saturated rings. The molecule has 0 aromatic heterocycles. The molecule has 2 bridgehead atoms. The third kappa shape index (κ3) is 2.83. The minimum Gasteiger partial charge on any atom is -0.480 e. The van der Waals surface area contributed by atoms with E-state index < -0.39 is 12.0 Å². The first kappa shape index (κ1) is 15.3. The van der Waals surface area contributed by atoms with Crippen LogP contribution in [0, 0.1) is 17.8 Å². The summed E-state index contributed by atoms with van der Waals surface area (Å²) in [6.07, 6.45) is 3.25. The second kappa shape index (κ2) is 5.86. The van der Waals surface area contributed by atoms with E-state index in [9.17, 15) is 9.90 Å². The van der Waals surface area contributed by atoms with E-state index >= 15 is 0 Å². The molecule has 0 spiro atoms. The van der Waals surface area contributed by atoms with E-state index in [4.69, 9.17) is 5.73 Å². The Kier molecular flexibility index (Phi) is 4.26. The molecule has 4 aliphatic rings. The molecule has 4 aliphatic heterocycles. The van der Waals surface area contributed by atoms with Crippen LogP contribution in [0.15, 0.2) is 0 Å². The SMILES string of the molecule is CC(C)CN1CC2C3CCN(CC3)C2C1CC(N)C(=O)O. The highest BCUT2D eigenvalue weighted by atomic mass is 16.4. The first-order chi connectivity index (χ1) is 9.97. The molecule has 0 radical (unpaired) electrons. The second-order valence-corrected chi connectivity index (χ2v) is 7.62. The van der Waals surface area contributed by atoms with Gasteiger partial charge < -0.3 is 10.8 Å². The van der Waals surface area contributed by atoms with Crippen molar-refractivity contribution in [3.63, 3.8) is 0 Å². The Morgan fingerprint density at radius 1 is 1.33 bits per heavy atom. The monoisotopic (exact) mass is 295 g/mol. The summed E-state index contributed by atoms with van der Waals surface area (Å²) >= 11 is 0. The fourth-order valence-corrected chi connectivity index (χ4v) is 4.93. The van der Waals surface area contributed by atoms with Crippen LogP contribution in [-0.2, 0) is 4.79 Å². The summed E-state index contributed by atoms with van der Waals surface area (Å²) in [7, 11) is 0. The number of likely N-dealkylation sites (tertiary alicyclic amines) is 1. The number of aliphatic carboxylic acids is 1. The van der Waals surface area contributed by atoms with E-state index in [2.05, 4.69) is 23.6 Å². The lowest BCUT2D eigenvalue weighted by molar-refractivity contribution is -0.139. The van der Waals surface area contributed by atoms with E-state index in [0.29, 0.717) is 24.4 Å². The molecule has 4 atom stereocenters. The summed E-state index contributed by atoms with van der Waals surface area (Å²) in [6, 6.07) is 0.137. The van der Waals surface area contributed by atoms with E-state index in [-0.39, 0.29) is 0 Å². The van der Waals surface area contributed by atoms with Crippen molar-refractivity contribution < 1.29 is 9.90 Å². The van der Waals surface area contributed by atoms with Crippen molar-refractivity contribution in [1.82, 2.24) is 9.80 Å². The third-order valence-corrected chi connectivity index (χ3v) is 5.76. The van der Waals surface area contributed by atoms with Gasteiger partial charge in [0.2, 0.25) is 0 Å². The number of carboxylic acids is 1. The van der Waals surface area contributed by atoms with E-state index in [1.54, 1.807) is 0 Å². The van der Waals surface area contributed by atoms with Crippen molar-refractivity contribution in [2.75, 3.05) is 26.2 Å². The molecule has 4 heterocycles. The maximum atomic E-state index is 11.2. The van der Waals surface area contributed by atoms with Gasteiger partial charge in [-0.3, -0.25) is 14.6 Å². The van der Waals surface area contributed by atoms with Gasteiger partial charge in [0, 0.05) is 25.2 Å². The third-order valence-electron chi connectivity index (χ3n) is 5.76. The molecule has 4 unspecified atom stereocenters. The number of nitrogens with two attached hydrogens (primary N) is 1. The largest absolute Gasteiger partial charge is 0.480 e. The van der Waals surface area contributed by atoms with Crippen LogP contribution in [0.5, 0.6) is 0 Å². The summed E-state index contributed by atoms with van der Waals surface area (Å²) < 4.78 is 0. The Morgan fingerprint density at radius 3 is 2.57 bits per heavy atom. The second-order valence-electron chi connectivity index (χ2n) is 7.62. The Balaban J connectivity index is 1.79. The van der Waals surface area contributed by atoms with Crippen molar-refractivity contribution in [3.8, 4) is 0 Å². The van der Waals surface area contributed by atoms with Gasteiger partial charge in [-0.15, -0.1) is 0 Å². The Bertz CT molecular complexity index is 393. The van der Waals surface area contributed by atoms with Gasteiger partial charge in [-0.1, -0.05) is 13.8 Å². The van der Waals surface area contributed by atoms with Crippen molar-refractivity contribution in [2.45, 2.75) is 51.2 Å². The van der Waals surface area contributed by atoms with Crippen molar-refractivity contribution in [2.24, 2.45) is 23.5 Å². The molecule has 4 saturated heterocycles. The van der Waals surface area contributed by atoms with E-state index in [1.807, 2.05) is 0 Å². The van der Waals surface area contributed by atoms with Gasteiger partial charge in [0.15, 0.2) is 0 Å². The smallest absolute Gasteiger partial charge is 0.320 e. The molecule has 5 heteroatoms. The predicted molar refractivity (Wildman–Crippen MR) is 82.0 cm³/mol. The van der Waals surface area contributed by atoms with Crippen LogP contribution < -0.4 is 5.73 Å². The maximum Gasteiger partial charge on any atom is 0.320 e. The van der Waals surface area contributed by atoms with Crippen molar-refractivity contribution >= 4 is 5.97 Å². The molecule has 0 aliphatic carbocycles. The molecule has 0 aromatic carbocycles. The van der Waals surface area contributed by atoms with Gasteiger partial charge in [-0.25, -0.2) is 0 Å². The summed E-state index contributed by atoms with van der Waals surface area (Å²) in [5.74, 6) is 1.33. The average molecular weight is 295 g/mol. The van der Waals surface area contributed by atoms with E-state index in [0.717, 1.165) is 24.9 Å². The lowest BCUT2D eigenvalue weighted by Gasteiger charge is -2.49. The number of hydrogen-bond acceptors (Lipinski definition) is 4. The van der Waals surface area contributed by atoms with Crippen LogP contribution >= 0.6 is 0 Å². The number of rotatable bonds is 5. The predicted octanol–water partition coefficient (Wildman–Crippen LogP) is 0.839. The Hall–Kier alpha value is -0.650. The zero-order valence-electron chi connectivity index (χ0n) is 13.2. The van der Waals surface area contributed by atoms with Gasteiger partial charge >= 0.3 is 5.97 Å². The average Bonchev–Trinajstić information content (AvgIpc) is 2.79. The molecular weight excluding hydrogens is 266 g/mol. The highest BCUT2D eigenvalue weighted by Gasteiger charge is 2.52. The number of carboxylic acid groups (broad SMARTS) is 1. The maximum absolute atomic E-state index is 11.2. The summed E-state index contributed by atoms with van der Waals surface area (Å²) in [5.41, 5.74) is 5.86. The standard InChI is InChI=1S/C16H29N3O2/c1-10(2)8-19-9-12-11-3-5-18(6-4-11)15(12)14(19)7-13(17)16(20)21/h10-15H,3-9,17H2,1-2H3,(H,20,21). The molecule has 3 N–H and O–H groups in total. The van der Waals surface area contributed by atoms with Crippen molar-refractivity contribution in [3.05, 3.63) is 0 Å². The van der Waals surface area contributed by atoms with E-state index in [1.165, 1.54) is 25.9 Å². The highest BCUT2D eigenvalue weighted by molar-refractivity contribution is 5.73. The summed E-state index contributed by atoms with van der Waals surface area (Å²) in [4.78, 5) is 16.3. The molecule has 120 valence electrons. The van der Waals surface area contributed by atoms with Gasteiger partial charge in [0.1, 0.15) is 6.04 Å². The fourth-order valence-electron chi connectivity index (χ4n) is 4.93. The summed E-state index contributed by atoms with van der Waals surface area (Å²) in [6.45, 7) is 9.07. The quantitative estimate of drug-likeness (QED) is 0.786. The topological polar surface area (TPSA) is 69.8 Å². The van der Waals surface area contributed by atoms with Gasteiger partial charge in [0.05, 0.1) is 0 Å². The van der Waals surface area contributed by atoms with Crippen LogP contribution in [-0.4, -0.2) is 65.2 Å². The van der Waals surface area contributed by atoms with Gasteiger partial charge in [-0.05, 0) is 50.1 Å². The number of nitrogens with zero attached hydrogens (tertiary/aromatic N) is 2. The number of piperidine rings is 3. The zero-order chi connectivity index (χ0) is 15.1. The number of fused-ring (bicyclic) bond motifs is 2. The van der Waals surface area contributed by atoms with Crippen LogP contribution in [0.2, 0.25) is 0 Å². The molecule has 4 rings (SSSR count). The van der Waals surface area contributed by atoms with Crippen LogP contribution in [0.25, 0.3) is 0 Å². The first-order valence-electron chi connectivity index (χ1n) is 8.44. The molecule has 0 saturated carbocycles. The van der Waals surface area contributed by atoms with Gasteiger partial charge in [-0.2, -0.15) is 0 Å². The zero-order valence-corrected chi connectivity index (χ0v) is 13.2. The minimum atomic E-state index is -0.862. The Labute approximate surface area is 127 Å². The lowest BCUT2D eigenvalue weighted by Crippen LogP contribution is -2.58. The highest BCUT2D eigenvalue weighted by Crippen LogP contribution is 2.45. The van der Waals surface area contributed by atoms with Crippen molar-refractivity contribution in [1.29, 1.82) is 0 Å². The lowest BCUT2D eigenvalue weighted by atomic mass is 9.73. The van der Waals surface area contributed by atoms with Crippen LogP contribution in [0.4, 0.5) is 0 Å². The molecule has 0 aromatic rings.